The van der Waals surface area contributed by atoms with Gasteiger partial charge in [-0.05, 0) is 31.2 Å². The van der Waals surface area contributed by atoms with Crippen molar-refractivity contribution in [1.29, 1.82) is 0 Å². The third kappa shape index (κ3) is 4.13. The fourth-order valence-electron chi connectivity index (χ4n) is 2.50. The summed E-state index contributed by atoms with van der Waals surface area (Å²) >= 11 is 0. The number of amides is 1. The number of methoxy groups -OCH3 is 1. The van der Waals surface area contributed by atoms with Crippen LogP contribution in [0.5, 0.6) is 17.2 Å². The zero-order chi connectivity index (χ0) is 20.3. The summed E-state index contributed by atoms with van der Waals surface area (Å²) in [5.74, 6) is -2.31. The van der Waals surface area contributed by atoms with Crippen molar-refractivity contribution in [1.82, 2.24) is 0 Å². The molecule has 1 N–H and O–H groups in total. The second kappa shape index (κ2) is 8.12. The van der Waals surface area contributed by atoms with Gasteiger partial charge in [-0.1, -0.05) is 0 Å². The number of benzene rings is 2. The van der Waals surface area contributed by atoms with Crippen LogP contribution in [0.4, 0.5) is 14.5 Å². The number of fused-ring (bicyclic) bond motifs is 1. The van der Waals surface area contributed by atoms with Crippen molar-refractivity contribution in [3.05, 3.63) is 47.5 Å². The second-order valence-corrected chi connectivity index (χ2v) is 5.86. The van der Waals surface area contributed by atoms with Crippen molar-refractivity contribution in [2.75, 3.05) is 25.6 Å². The lowest BCUT2D eigenvalue weighted by Crippen LogP contribution is -2.30. The predicted molar refractivity (Wildman–Crippen MR) is 93.8 cm³/mol. The monoisotopic (exact) mass is 393 g/mol. The number of nitrogens with one attached hydrogen (secondary N) is 1. The standard InChI is InChI=1S/C19H17F2NO6/c1-10(18(23)22-14-4-3-12(20)9-13(14)21)28-19(24)11-7-15(25-2)17-16(8-11)26-5-6-27-17/h3-4,7-10H,5-6H2,1-2H3,(H,22,23). The van der Waals surface area contributed by atoms with Crippen LogP contribution in [0, 0.1) is 11.6 Å². The van der Waals surface area contributed by atoms with E-state index in [4.69, 9.17) is 18.9 Å². The van der Waals surface area contributed by atoms with Crippen molar-refractivity contribution in [3.8, 4) is 17.2 Å². The quantitative estimate of drug-likeness (QED) is 0.787. The summed E-state index contributed by atoms with van der Waals surface area (Å²) in [5.41, 5.74) is -0.135. The molecule has 2 aromatic carbocycles. The van der Waals surface area contributed by atoms with Crippen LogP contribution >= 0.6 is 0 Å². The first kappa shape index (κ1) is 19.4. The van der Waals surface area contributed by atoms with Gasteiger partial charge in [0.2, 0.25) is 5.75 Å². The maximum absolute atomic E-state index is 13.6. The molecular weight excluding hydrogens is 376 g/mol. The van der Waals surface area contributed by atoms with Gasteiger partial charge in [0.25, 0.3) is 5.91 Å². The van der Waals surface area contributed by atoms with E-state index in [1.165, 1.54) is 26.2 Å². The average Bonchev–Trinajstić information content (AvgIpc) is 2.68. The Labute approximate surface area is 159 Å². The Hall–Kier alpha value is -3.36. The molecule has 0 spiro atoms. The van der Waals surface area contributed by atoms with Crippen LogP contribution < -0.4 is 19.5 Å². The summed E-state index contributed by atoms with van der Waals surface area (Å²) in [6.45, 7) is 1.99. The van der Waals surface area contributed by atoms with Crippen molar-refractivity contribution >= 4 is 17.6 Å². The van der Waals surface area contributed by atoms with Crippen LogP contribution in [0.1, 0.15) is 17.3 Å². The van der Waals surface area contributed by atoms with E-state index >= 15 is 0 Å². The minimum Gasteiger partial charge on any atom is -0.493 e. The number of halogens is 2. The van der Waals surface area contributed by atoms with Gasteiger partial charge in [-0.3, -0.25) is 4.79 Å². The summed E-state index contributed by atoms with van der Waals surface area (Å²) in [6.07, 6.45) is -1.24. The second-order valence-electron chi connectivity index (χ2n) is 5.86. The van der Waals surface area contributed by atoms with E-state index in [1.807, 2.05) is 0 Å². The molecule has 0 saturated heterocycles. The summed E-state index contributed by atoms with van der Waals surface area (Å²) in [4.78, 5) is 24.6. The van der Waals surface area contributed by atoms with Crippen LogP contribution in [-0.4, -0.2) is 38.3 Å². The number of ether oxygens (including phenoxy) is 4. The molecule has 0 bridgehead atoms. The number of rotatable bonds is 5. The number of hydrogen-bond donors (Lipinski definition) is 1. The molecule has 1 amide bonds. The molecule has 1 atom stereocenters. The molecule has 28 heavy (non-hydrogen) atoms. The van der Waals surface area contributed by atoms with E-state index in [2.05, 4.69) is 5.32 Å². The molecule has 2 aromatic rings. The van der Waals surface area contributed by atoms with E-state index in [-0.39, 0.29) is 17.0 Å². The van der Waals surface area contributed by atoms with E-state index in [1.54, 1.807) is 0 Å². The van der Waals surface area contributed by atoms with Gasteiger partial charge in [0.1, 0.15) is 24.8 Å². The number of anilines is 1. The first-order valence-electron chi connectivity index (χ1n) is 8.33. The molecule has 9 heteroatoms. The molecule has 0 saturated carbocycles. The molecule has 3 rings (SSSR count). The van der Waals surface area contributed by atoms with E-state index in [0.29, 0.717) is 30.8 Å². The van der Waals surface area contributed by atoms with Crippen LogP contribution in [0.25, 0.3) is 0 Å². The maximum Gasteiger partial charge on any atom is 0.339 e. The van der Waals surface area contributed by atoms with E-state index in [0.717, 1.165) is 12.1 Å². The maximum atomic E-state index is 13.6. The normalized spacial score (nSPS) is 13.4. The lowest BCUT2D eigenvalue weighted by atomic mass is 10.1. The summed E-state index contributed by atoms with van der Waals surface area (Å²) < 4.78 is 47.8. The van der Waals surface area contributed by atoms with Crippen LogP contribution in [-0.2, 0) is 9.53 Å². The summed E-state index contributed by atoms with van der Waals surface area (Å²) in [5, 5.41) is 2.24. The Balaban J connectivity index is 1.70. The highest BCUT2D eigenvalue weighted by atomic mass is 19.1. The molecule has 0 aliphatic carbocycles. The van der Waals surface area contributed by atoms with Gasteiger partial charge in [-0.15, -0.1) is 0 Å². The SMILES string of the molecule is COc1cc(C(=O)OC(C)C(=O)Nc2ccc(F)cc2F)cc2c1OCCO2. The lowest BCUT2D eigenvalue weighted by molar-refractivity contribution is -0.123. The Morgan fingerprint density at radius 2 is 1.89 bits per heavy atom. The van der Waals surface area contributed by atoms with Gasteiger partial charge in [0.15, 0.2) is 17.6 Å². The number of carbonyl (C=O) groups is 2. The smallest absolute Gasteiger partial charge is 0.339 e. The first-order chi connectivity index (χ1) is 13.4. The van der Waals surface area contributed by atoms with Crippen molar-refractivity contribution in [2.24, 2.45) is 0 Å². The number of esters is 1. The molecule has 1 unspecified atom stereocenters. The van der Waals surface area contributed by atoms with Gasteiger partial charge in [0.05, 0.1) is 18.4 Å². The fraction of sp³-hybridized carbons (Fsp3) is 0.263. The molecular formula is C19H17F2NO6. The van der Waals surface area contributed by atoms with Gasteiger partial charge >= 0.3 is 5.97 Å². The molecule has 148 valence electrons. The Bertz CT molecular complexity index is 900. The Kier molecular flexibility index (Phi) is 5.62. The van der Waals surface area contributed by atoms with Crippen LogP contribution in [0.3, 0.4) is 0 Å². The predicted octanol–water partition coefficient (Wildman–Crippen LogP) is 2.93. The van der Waals surface area contributed by atoms with Gasteiger partial charge in [0, 0.05) is 6.07 Å². The highest BCUT2D eigenvalue weighted by Crippen LogP contribution is 2.40. The van der Waals surface area contributed by atoms with E-state index in [9.17, 15) is 18.4 Å². The Morgan fingerprint density at radius 3 is 2.61 bits per heavy atom. The summed E-state index contributed by atoms with van der Waals surface area (Å²) in [6, 6.07) is 5.52. The highest BCUT2D eigenvalue weighted by molar-refractivity contribution is 5.97. The Morgan fingerprint density at radius 1 is 1.14 bits per heavy atom. The third-order valence-electron chi connectivity index (χ3n) is 3.91. The molecule has 7 nitrogen and oxygen atoms in total. The van der Waals surface area contributed by atoms with Gasteiger partial charge in [-0.2, -0.15) is 0 Å². The third-order valence-corrected chi connectivity index (χ3v) is 3.91. The largest absolute Gasteiger partial charge is 0.493 e. The molecule has 0 fully saturated rings. The lowest BCUT2D eigenvalue weighted by Gasteiger charge is -2.21. The fourth-order valence-corrected chi connectivity index (χ4v) is 2.50. The zero-order valence-electron chi connectivity index (χ0n) is 15.1. The van der Waals surface area contributed by atoms with Crippen molar-refractivity contribution in [3.63, 3.8) is 0 Å². The highest BCUT2D eigenvalue weighted by Gasteiger charge is 2.24. The summed E-state index contributed by atoms with van der Waals surface area (Å²) in [7, 11) is 1.41. The van der Waals surface area contributed by atoms with Gasteiger partial charge < -0.3 is 24.3 Å². The van der Waals surface area contributed by atoms with Crippen LogP contribution in [0.15, 0.2) is 30.3 Å². The molecule has 1 aliphatic rings. The topological polar surface area (TPSA) is 83.1 Å². The zero-order valence-corrected chi connectivity index (χ0v) is 15.1. The van der Waals surface area contributed by atoms with Crippen molar-refractivity contribution < 1.29 is 37.3 Å². The first-order valence-corrected chi connectivity index (χ1v) is 8.33. The molecule has 1 aliphatic heterocycles. The number of carbonyl (C=O) groups excluding carboxylic acids is 2. The minimum absolute atomic E-state index is 0.0914. The molecule has 1 heterocycles. The van der Waals surface area contributed by atoms with Crippen molar-refractivity contribution in [2.45, 2.75) is 13.0 Å². The van der Waals surface area contributed by atoms with Crippen LogP contribution in [0.2, 0.25) is 0 Å². The minimum atomic E-state index is -1.24. The molecule has 0 aromatic heterocycles. The average molecular weight is 393 g/mol. The number of hydrogen-bond acceptors (Lipinski definition) is 6. The van der Waals surface area contributed by atoms with E-state index < -0.39 is 29.6 Å². The van der Waals surface area contributed by atoms with Gasteiger partial charge in [-0.25, -0.2) is 13.6 Å². The molecule has 0 radical (unpaired) electrons.